The molecular weight excluding hydrogens is 416 g/mol. The fourth-order valence-electron chi connectivity index (χ4n) is 3.93. The van der Waals surface area contributed by atoms with Gasteiger partial charge in [0.25, 0.3) is 10.0 Å². The van der Waals surface area contributed by atoms with Gasteiger partial charge in [-0.25, -0.2) is 8.42 Å². The fraction of sp³-hybridized carbons (Fsp3) is 0.217. The molecule has 0 radical (unpaired) electrons. The van der Waals surface area contributed by atoms with E-state index in [1.54, 1.807) is 42.5 Å². The van der Waals surface area contributed by atoms with Gasteiger partial charge >= 0.3 is 5.97 Å². The molecule has 0 saturated heterocycles. The van der Waals surface area contributed by atoms with Crippen LogP contribution in [0.4, 0.5) is 5.69 Å². The van der Waals surface area contributed by atoms with Crippen LogP contribution < -0.4 is 9.04 Å². The van der Waals surface area contributed by atoms with Crippen LogP contribution in [0.5, 0.6) is 5.75 Å². The van der Waals surface area contributed by atoms with Crippen molar-refractivity contribution >= 4 is 21.7 Å². The number of rotatable bonds is 6. The van der Waals surface area contributed by atoms with E-state index in [1.807, 2.05) is 26.0 Å². The van der Waals surface area contributed by atoms with Crippen molar-refractivity contribution in [3.05, 3.63) is 83.2 Å². The van der Waals surface area contributed by atoms with E-state index in [9.17, 15) is 18.3 Å². The largest absolute Gasteiger partial charge is 0.489 e. The van der Waals surface area contributed by atoms with E-state index >= 15 is 0 Å². The summed E-state index contributed by atoms with van der Waals surface area (Å²) >= 11 is 0. The summed E-state index contributed by atoms with van der Waals surface area (Å²) in [6.07, 6.45) is -0.324. The molecule has 0 spiro atoms. The summed E-state index contributed by atoms with van der Waals surface area (Å²) in [5.74, 6) is -0.482. The van der Waals surface area contributed by atoms with Crippen LogP contribution in [0.2, 0.25) is 0 Å². The van der Waals surface area contributed by atoms with Crippen molar-refractivity contribution in [2.24, 2.45) is 0 Å². The van der Waals surface area contributed by atoms with Crippen LogP contribution in [0.25, 0.3) is 0 Å². The summed E-state index contributed by atoms with van der Waals surface area (Å²) < 4.78 is 33.3. The molecule has 1 aliphatic rings. The minimum Gasteiger partial charge on any atom is -0.489 e. The van der Waals surface area contributed by atoms with Crippen molar-refractivity contribution in [2.45, 2.75) is 37.8 Å². The van der Waals surface area contributed by atoms with Gasteiger partial charge in [0.1, 0.15) is 12.4 Å². The summed E-state index contributed by atoms with van der Waals surface area (Å²) in [6.45, 7) is 4.21. The molecule has 4 rings (SSSR count). The van der Waals surface area contributed by atoms with Crippen LogP contribution in [-0.2, 0) is 21.4 Å². The average molecular weight is 439 g/mol. The number of sulfonamides is 1. The van der Waals surface area contributed by atoms with Gasteiger partial charge in [0.15, 0.2) is 0 Å². The number of aromatic nitrogens is 1. The highest BCUT2D eigenvalue weighted by molar-refractivity contribution is 7.93. The number of fused-ring (bicyclic) bond motifs is 1. The first kappa shape index (κ1) is 20.9. The van der Waals surface area contributed by atoms with Crippen molar-refractivity contribution in [2.75, 3.05) is 4.31 Å². The Kier molecular flexibility index (Phi) is 5.41. The monoisotopic (exact) mass is 438 g/mol. The number of pyridine rings is 1. The number of ether oxygens (including phenoxy) is 1. The molecule has 0 amide bonds. The zero-order valence-corrected chi connectivity index (χ0v) is 18.0. The number of anilines is 1. The minimum atomic E-state index is -3.85. The first-order valence-corrected chi connectivity index (χ1v) is 11.2. The lowest BCUT2D eigenvalue weighted by atomic mass is 10.0. The van der Waals surface area contributed by atoms with Crippen molar-refractivity contribution in [1.29, 1.82) is 0 Å². The number of benzene rings is 2. The molecule has 0 aliphatic carbocycles. The van der Waals surface area contributed by atoms with Gasteiger partial charge in [0.05, 0.1) is 23.0 Å². The lowest BCUT2D eigenvalue weighted by Crippen LogP contribution is -2.29. The molecule has 1 atom stereocenters. The lowest BCUT2D eigenvalue weighted by molar-refractivity contribution is -0.137. The van der Waals surface area contributed by atoms with E-state index < -0.39 is 22.0 Å². The molecule has 1 N–H and O–H groups in total. The number of hydrogen-bond acceptors (Lipinski definition) is 5. The van der Waals surface area contributed by atoms with Gasteiger partial charge in [-0.1, -0.05) is 18.2 Å². The molecule has 160 valence electrons. The molecule has 7 nitrogen and oxygen atoms in total. The standard InChI is InChI=1S/C23H22N2O5S/c1-15-11-17(12-16(2)24-15)14-30-19-9-7-18(8-10-19)25-21(13-23(26)27)20-5-3-4-6-22(20)31(25,28)29/h3-12,21H,13-14H2,1-2H3,(H,26,27). The number of carbonyl (C=O) groups is 1. The molecule has 1 aromatic heterocycles. The second-order valence-electron chi connectivity index (χ2n) is 7.49. The quantitative estimate of drug-likeness (QED) is 0.625. The SMILES string of the molecule is Cc1cc(COc2ccc(N3C(CC(=O)O)c4ccccc4S3(=O)=O)cc2)cc(C)n1. The van der Waals surface area contributed by atoms with Crippen molar-refractivity contribution in [1.82, 2.24) is 4.98 Å². The number of aliphatic carboxylic acids is 1. The van der Waals surface area contributed by atoms with Gasteiger partial charge in [-0.2, -0.15) is 0 Å². The minimum absolute atomic E-state index is 0.144. The third-order valence-corrected chi connectivity index (χ3v) is 7.01. The molecule has 0 fully saturated rings. The van der Waals surface area contributed by atoms with Crippen molar-refractivity contribution < 1.29 is 23.1 Å². The highest BCUT2D eigenvalue weighted by Gasteiger charge is 2.43. The highest BCUT2D eigenvalue weighted by atomic mass is 32.2. The van der Waals surface area contributed by atoms with Gasteiger partial charge in [-0.05, 0) is 67.4 Å². The number of nitrogens with zero attached hydrogens (tertiary/aromatic N) is 2. The Morgan fingerprint density at radius 3 is 2.35 bits per heavy atom. The van der Waals surface area contributed by atoms with E-state index in [0.717, 1.165) is 17.0 Å². The van der Waals surface area contributed by atoms with Crippen molar-refractivity contribution in [3.63, 3.8) is 0 Å². The Morgan fingerprint density at radius 1 is 1.06 bits per heavy atom. The topological polar surface area (TPSA) is 96.8 Å². The normalized spacial score (nSPS) is 16.7. The molecule has 1 aliphatic heterocycles. The van der Waals surface area contributed by atoms with Gasteiger partial charge in [-0.3, -0.25) is 14.1 Å². The average Bonchev–Trinajstić information content (AvgIpc) is 2.93. The van der Waals surface area contributed by atoms with E-state index in [2.05, 4.69) is 4.98 Å². The third-order valence-electron chi connectivity index (χ3n) is 5.10. The van der Waals surface area contributed by atoms with Crippen molar-refractivity contribution in [3.8, 4) is 5.75 Å². The van der Waals surface area contributed by atoms with Crippen LogP contribution in [0.1, 0.15) is 35.0 Å². The second-order valence-corrected chi connectivity index (χ2v) is 9.28. The van der Waals surface area contributed by atoms with E-state index in [0.29, 0.717) is 23.6 Å². The fourth-order valence-corrected chi connectivity index (χ4v) is 5.81. The zero-order valence-electron chi connectivity index (χ0n) is 17.1. The third kappa shape index (κ3) is 4.11. The molecular formula is C23H22N2O5S. The predicted molar refractivity (Wildman–Crippen MR) is 116 cm³/mol. The van der Waals surface area contributed by atoms with Gasteiger partial charge < -0.3 is 9.84 Å². The lowest BCUT2D eigenvalue weighted by Gasteiger charge is -2.24. The van der Waals surface area contributed by atoms with Crippen LogP contribution in [0.15, 0.2) is 65.6 Å². The van der Waals surface area contributed by atoms with Crippen LogP contribution in [-0.4, -0.2) is 24.5 Å². The van der Waals surface area contributed by atoms with Crippen LogP contribution in [0, 0.1) is 13.8 Å². The summed E-state index contributed by atoms with van der Waals surface area (Å²) in [5.41, 5.74) is 3.71. The number of aryl methyl sites for hydroxylation is 2. The molecule has 8 heteroatoms. The molecule has 2 aromatic carbocycles. The smallest absolute Gasteiger partial charge is 0.305 e. The first-order chi connectivity index (χ1) is 14.8. The Labute approximate surface area is 181 Å². The summed E-state index contributed by atoms with van der Waals surface area (Å²) in [5, 5.41) is 9.35. The molecule has 0 bridgehead atoms. The molecule has 0 saturated carbocycles. The van der Waals surface area contributed by atoms with E-state index in [1.165, 1.54) is 10.4 Å². The van der Waals surface area contributed by atoms with E-state index in [4.69, 9.17) is 4.74 Å². The number of carboxylic acid groups (broad SMARTS) is 1. The number of hydrogen-bond donors (Lipinski definition) is 1. The molecule has 31 heavy (non-hydrogen) atoms. The van der Waals surface area contributed by atoms with E-state index in [-0.39, 0.29) is 11.3 Å². The second kappa shape index (κ2) is 8.03. The first-order valence-electron chi connectivity index (χ1n) is 9.78. The van der Waals surface area contributed by atoms with Gasteiger partial charge in [0.2, 0.25) is 0 Å². The van der Waals surface area contributed by atoms with Crippen LogP contribution >= 0.6 is 0 Å². The van der Waals surface area contributed by atoms with Gasteiger partial charge in [0, 0.05) is 11.4 Å². The maximum atomic E-state index is 13.1. The highest BCUT2D eigenvalue weighted by Crippen LogP contribution is 2.44. The maximum absolute atomic E-state index is 13.1. The number of carboxylic acids is 1. The molecule has 3 aromatic rings. The Bertz CT molecular complexity index is 1220. The molecule has 1 unspecified atom stereocenters. The maximum Gasteiger partial charge on any atom is 0.305 e. The molecule has 2 heterocycles. The Morgan fingerprint density at radius 2 is 1.71 bits per heavy atom. The zero-order chi connectivity index (χ0) is 22.2. The van der Waals surface area contributed by atoms with Gasteiger partial charge in [-0.15, -0.1) is 0 Å². The Balaban J connectivity index is 1.59. The summed E-state index contributed by atoms with van der Waals surface area (Å²) in [6, 6.07) is 16.3. The van der Waals surface area contributed by atoms with Crippen LogP contribution in [0.3, 0.4) is 0 Å². The summed E-state index contributed by atoms with van der Waals surface area (Å²) in [7, 11) is -3.85. The predicted octanol–water partition coefficient (Wildman–Crippen LogP) is 4.00. The Hall–Kier alpha value is -3.39. The summed E-state index contributed by atoms with van der Waals surface area (Å²) in [4.78, 5) is 15.9.